The summed E-state index contributed by atoms with van der Waals surface area (Å²) < 4.78 is 0. The van der Waals surface area contributed by atoms with Crippen LogP contribution in [0.5, 0.6) is 5.75 Å². The van der Waals surface area contributed by atoms with E-state index in [4.69, 9.17) is 23.2 Å². The Morgan fingerprint density at radius 1 is 1.15 bits per heavy atom. The van der Waals surface area contributed by atoms with Gasteiger partial charge in [0.1, 0.15) is 5.75 Å². The van der Waals surface area contributed by atoms with Gasteiger partial charge in [0.2, 0.25) is 0 Å². The highest BCUT2D eigenvalue weighted by Crippen LogP contribution is 2.22. The molecule has 2 rings (SSSR count). The minimum Gasteiger partial charge on any atom is -0.507 e. The molecule has 0 heterocycles. The quantitative estimate of drug-likeness (QED) is 0.674. The second kappa shape index (κ2) is 6.41. The predicted molar refractivity (Wildman–Crippen MR) is 79.6 cm³/mol. The van der Waals surface area contributed by atoms with Gasteiger partial charge in [-0.1, -0.05) is 29.3 Å². The second-order valence-corrected chi connectivity index (χ2v) is 4.72. The van der Waals surface area contributed by atoms with Crippen LogP contribution in [0.4, 0.5) is 0 Å². The fraction of sp³-hybridized carbons (Fsp3) is 0. The average Bonchev–Trinajstić information content (AvgIpc) is 2.42. The van der Waals surface area contributed by atoms with E-state index in [0.717, 1.165) is 0 Å². The number of phenols is 1. The van der Waals surface area contributed by atoms with E-state index in [1.165, 1.54) is 12.3 Å². The first-order valence-electron chi connectivity index (χ1n) is 5.64. The van der Waals surface area contributed by atoms with Gasteiger partial charge in [-0.2, -0.15) is 5.10 Å². The third-order valence-corrected chi connectivity index (χ3v) is 3.08. The largest absolute Gasteiger partial charge is 0.507 e. The average molecular weight is 309 g/mol. The molecule has 4 nitrogen and oxygen atoms in total. The van der Waals surface area contributed by atoms with Gasteiger partial charge in [0.25, 0.3) is 5.91 Å². The fourth-order valence-electron chi connectivity index (χ4n) is 1.47. The Hall–Kier alpha value is -2.04. The SMILES string of the molecule is O=C(N/N=C\c1c(O)cccc1Cl)c1ccc(Cl)cc1. The summed E-state index contributed by atoms with van der Waals surface area (Å²) in [6, 6.07) is 11.1. The van der Waals surface area contributed by atoms with E-state index >= 15 is 0 Å². The van der Waals surface area contributed by atoms with Crippen LogP contribution in [0, 0.1) is 0 Å². The number of carbonyl (C=O) groups is 1. The lowest BCUT2D eigenvalue weighted by Crippen LogP contribution is -2.17. The lowest BCUT2D eigenvalue weighted by Gasteiger charge is -2.02. The summed E-state index contributed by atoms with van der Waals surface area (Å²) in [6.07, 6.45) is 1.28. The molecule has 2 N–H and O–H groups in total. The van der Waals surface area contributed by atoms with E-state index in [1.807, 2.05) is 0 Å². The molecule has 0 aromatic heterocycles. The monoisotopic (exact) mass is 308 g/mol. The molecule has 20 heavy (non-hydrogen) atoms. The normalized spacial score (nSPS) is 10.7. The molecule has 0 unspecified atom stereocenters. The molecule has 0 aliphatic heterocycles. The predicted octanol–water partition coefficient (Wildman–Crippen LogP) is 3.46. The molecule has 1 amide bonds. The van der Waals surface area contributed by atoms with E-state index in [-0.39, 0.29) is 11.7 Å². The van der Waals surface area contributed by atoms with Crippen LogP contribution < -0.4 is 5.43 Å². The molecule has 2 aromatic carbocycles. The first-order valence-corrected chi connectivity index (χ1v) is 6.40. The summed E-state index contributed by atoms with van der Waals surface area (Å²) in [4.78, 5) is 11.8. The summed E-state index contributed by atoms with van der Waals surface area (Å²) in [7, 11) is 0. The Labute approximate surface area is 125 Å². The van der Waals surface area contributed by atoms with Gasteiger partial charge in [-0.15, -0.1) is 0 Å². The van der Waals surface area contributed by atoms with Gasteiger partial charge in [0, 0.05) is 10.6 Å². The van der Waals surface area contributed by atoms with Crippen LogP contribution in [0.25, 0.3) is 0 Å². The third-order valence-electron chi connectivity index (χ3n) is 2.50. The maximum atomic E-state index is 11.8. The van der Waals surface area contributed by atoms with Gasteiger partial charge in [-0.3, -0.25) is 4.79 Å². The van der Waals surface area contributed by atoms with Crippen LogP contribution in [0.1, 0.15) is 15.9 Å². The number of halogens is 2. The number of hydrogen-bond acceptors (Lipinski definition) is 3. The summed E-state index contributed by atoms with van der Waals surface area (Å²) in [6.45, 7) is 0. The maximum Gasteiger partial charge on any atom is 0.271 e. The smallest absolute Gasteiger partial charge is 0.271 e. The van der Waals surface area contributed by atoms with Crippen molar-refractivity contribution >= 4 is 35.3 Å². The van der Waals surface area contributed by atoms with E-state index < -0.39 is 0 Å². The van der Waals surface area contributed by atoms with E-state index in [1.54, 1.807) is 36.4 Å². The Bertz CT molecular complexity index is 634. The number of amides is 1. The fourth-order valence-corrected chi connectivity index (χ4v) is 1.82. The minimum atomic E-state index is -0.385. The molecule has 0 bridgehead atoms. The number of benzene rings is 2. The van der Waals surface area contributed by atoms with Crippen molar-refractivity contribution in [3.63, 3.8) is 0 Å². The number of hydrazone groups is 1. The number of nitrogens with zero attached hydrogens (tertiary/aromatic N) is 1. The highest BCUT2D eigenvalue weighted by Gasteiger charge is 2.05. The van der Waals surface area contributed by atoms with Crippen molar-refractivity contribution in [1.82, 2.24) is 5.43 Å². The number of nitrogens with one attached hydrogen (secondary N) is 1. The first kappa shape index (κ1) is 14.4. The van der Waals surface area contributed by atoms with Crippen molar-refractivity contribution in [3.8, 4) is 5.75 Å². The van der Waals surface area contributed by atoms with Gasteiger partial charge >= 0.3 is 0 Å². The van der Waals surface area contributed by atoms with Crippen molar-refractivity contribution in [3.05, 3.63) is 63.6 Å². The van der Waals surface area contributed by atoms with Crippen molar-refractivity contribution in [2.45, 2.75) is 0 Å². The maximum absolute atomic E-state index is 11.8. The molecule has 0 radical (unpaired) electrons. The zero-order valence-electron chi connectivity index (χ0n) is 10.2. The molecule has 2 aromatic rings. The molecular weight excluding hydrogens is 299 g/mol. The molecule has 0 atom stereocenters. The molecule has 0 aliphatic rings. The van der Waals surface area contributed by atoms with Gasteiger partial charge in [0.15, 0.2) is 0 Å². The minimum absolute atomic E-state index is 0.0120. The molecule has 102 valence electrons. The number of phenolic OH excluding ortho intramolecular Hbond substituents is 1. The molecular formula is C14H10Cl2N2O2. The van der Waals surface area contributed by atoms with E-state index in [9.17, 15) is 9.90 Å². The molecule has 0 fully saturated rings. The van der Waals surface area contributed by atoms with Crippen molar-refractivity contribution < 1.29 is 9.90 Å². The highest BCUT2D eigenvalue weighted by molar-refractivity contribution is 6.33. The zero-order valence-corrected chi connectivity index (χ0v) is 11.7. The molecule has 0 aliphatic carbocycles. The molecule has 0 saturated heterocycles. The summed E-state index contributed by atoms with van der Waals surface area (Å²) in [5, 5.41) is 14.3. The number of aromatic hydroxyl groups is 1. The molecule has 0 spiro atoms. The van der Waals surface area contributed by atoms with Gasteiger partial charge in [-0.25, -0.2) is 5.43 Å². The lowest BCUT2D eigenvalue weighted by atomic mass is 10.2. The Kier molecular flexibility index (Phi) is 4.61. The van der Waals surface area contributed by atoms with Gasteiger partial charge in [0.05, 0.1) is 16.8 Å². The topological polar surface area (TPSA) is 61.7 Å². The van der Waals surface area contributed by atoms with Gasteiger partial charge in [-0.05, 0) is 36.4 Å². The highest BCUT2D eigenvalue weighted by atomic mass is 35.5. The molecule has 0 saturated carbocycles. The Balaban J connectivity index is 2.06. The summed E-state index contributed by atoms with van der Waals surface area (Å²) >= 11 is 11.6. The number of rotatable bonds is 3. The van der Waals surface area contributed by atoms with Crippen molar-refractivity contribution in [1.29, 1.82) is 0 Å². The Morgan fingerprint density at radius 3 is 2.50 bits per heavy atom. The molecule has 6 heteroatoms. The van der Waals surface area contributed by atoms with Crippen LogP contribution in [-0.2, 0) is 0 Å². The van der Waals surface area contributed by atoms with Crippen molar-refractivity contribution in [2.24, 2.45) is 5.10 Å². The summed E-state index contributed by atoms with van der Waals surface area (Å²) in [5.41, 5.74) is 3.10. The van der Waals surface area contributed by atoms with Crippen molar-refractivity contribution in [2.75, 3.05) is 0 Å². The first-order chi connectivity index (χ1) is 9.58. The number of carbonyl (C=O) groups excluding carboxylic acids is 1. The number of hydrogen-bond donors (Lipinski definition) is 2. The van der Waals surface area contributed by atoms with Crippen LogP contribution in [-0.4, -0.2) is 17.2 Å². The van der Waals surface area contributed by atoms with Crippen LogP contribution in [0.15, 0.2) is 47.6 Å². The van der Waals surface area contributed by atoms with E-state index in [2.05, 4.69) is 10.5 Å². The summed E-state index contributed by atoms with van der Waals surface area (Å²) in [5.74, 6) is -0.397. The standard InChI is InChI=1S/C14H10Cl2N2O2/c15-10-6-4-9(5-7-10)14(20)18-17-8-11-12(16)2-1-3-13(11)19/h1-8,19H,(H,18,20)/b17-8-. The van der Waals surface area contributed by atoms with Crippen LogP contribution in [0.3, 0.4) is 0 Å². The van der Waals surface area contributed by atoms with Crippen LogP contribution in [0.2, 0.25) is 10.0 Å². The van der Waals surface area contributed by atoms with E-state index in [0.29, 0.717) is 21.2 Å². The zero-order chi connectivity index (χ0) is 14.5. The lowest BCUT2D eigenvalue weighted by molar-refractivity contribution is 0.0955. The second-order valence-electron chi connectivity index (χ2n) is 3.88. The third kappa shape index (κ3) is 3.50. The Morgan fingerprint density at radius 2 is 1.85 bits per heavy atom. The van der Waals surface area contributed by atoms with Gasteiger partial charge < -0.3 is 5.11 Å². The van der Waals surface area contributed by atoms with Crippen LogP contribution >= 0.6 is 23.2 Å².